The first-order valence-corrected chi connectivity index (χ1v) is 6.55. The summed E-state index contributed by atoms with van der Waals surface area (Å²) in [5.41, 5.74) is 1.24. The summed E-state index contributed by atoms with van der Waals surface area (Å²) in [6.07, 6.45) is 7.80. The Morgan fingerprint density at radius 2 is 2.41 bits per heavy atom. The second-order valence-electron chi connectivity index (χ2n) is 4.99. The quantitative estimate of drug-likeness (QED) is 0.702. The zero-order valence-electron chi connectivity index (χ0n) is 10.9. The minimum Gasteiger partial charge on any atom is -0.381 e. The van der Waals surface area contributed by atoms with Gasteiger partial charge in [-0.05, 0) is 38.6 Å². The lowest BCUT2D eigenvalue weighted by atomic mass is 10.2. The number of aryl methyl sites for hydroxylation is 1. The molecule has 4 nitrogen and oxygen atoms in total. The minimum atomic E-state index is 0.368. The third-order valence-electron chi connectivity index (χ3n) is 3.19. The van der Waals surface area contributed by atoms with Crippen LogP contribution in [-0.4, -0.2) is 29.5 Å². The lowest BCUT2D eigenvalue weighted by molar-refractivity contribution is 0.121. The molecule has 1 aromatic heterocycles. The van der Waals surface area contributed by atoms with Gasteiger partial charge in [-0.15, -0.1) is 0 Å². The molecule has 4 heteroatoms. The van der Waals surface area contributed by atoms with E-state index in [1.807, 2.05) is 17.9 Å². The zero-order chi connectivity index (χ0) is 12.1. The molecule has 1 fully saturated rings. The summed E-state index contributed by atoms with van der Waals surface area (Å²) < 4.78 is 7.43. The third kappa shape index (κ3) is 4.48. The van der Waals surface area contributed by atoms with Crippen LogP contribution in [0.3, 0.4) is 0 Å². The van der Waals surface area contributed by atoms with Crippen LogP contribution in [0.25, 0.3) is 0 Å². The SMILES string of the molecule is CC(NCCCOCC1CC1)c1cnn(C)c1. The zero-order valence-corrected chi connectivity index (χ0v) is 10.9. The fraction of sp³-hybridized carbons (Fsp3) is 0.769. The molecule has 0 aromatic carbocycles. The topological polar surface area (TPSA) is 39.1 Å². The fourth-order valence-electron chi connectivity index (χ4n) is 1.81. The summed E-state index contributed by atoms with van der Waals surface area (Å²) in [6, 6.07) is 0.368. The van der Waals surface area contributed by atoms with E-state index in [4.69, 9.17) is 4.74 Å². The maximum absolute atomic E-state index is 5.59. The van der Waals surface area contributed by atoms with E-state index in [2.05, 4.69) is 23.5 Å². The van der Waals surface area contributed by atoms with E-state index in [0.29, 0.717) is 6.04 Å². The highest BCUT2D eigenvalue weighted by Crippen LogP contribution is 2.28. The van der Waals surface area contributed by atoms with Crippen molar-refractivity contribution in [3.05, 3.63) is 18.0 Å². The molecule has 0 bridgehead atoms. The van der Waals surface area contributed by atoms with Crippen LogP contribution < -0.4 is 5.32 Å². The average molecular weight is 237 g/mol. The maximum Gasteiger partial charge on any atom is 0.0537 e. The van der Waals surface area contributed by atoms with Gasteiger partial charge in [0.05, 0.1) is 6.20 Å². The molecule has 1 heterocycles. The van der Waals surface area contributed by atoms with Crippen molar-refractivity contribution in [2.45, 2.75) is 32.2 Å². The number of nitrogens with one attached hydrogen (secondary N) is 1. The van der Waals surface area contributed by atoms with Gasteiger partial charge in [0.2, 0.25) is 0 Å². The van der Waals surface area contributed by atoms with Gasteiger partial charge in [0.15, 0.2) is 0 Å². The van der Waals surface area contributed by atoms with E-state index < -0.39 is 0 Å². The van der Waals surface area contributed by atoms with Crippen LogP contribution >= 0.6 is 0 Å². The smallest absolute Gasteiger partial charge is 0.0537 e. The van der Waals surface area contributed by atoms with Crippen molar-refractivity contribution in [2.24, 2.45) is 13.0 Å². The van der Waals surface area contributed by atoms with Crippen LogP contribution in [0.4, 0.5) is 0 Å². The maximum atomic E-state index is 5.59. The van der Waals surface area contributed by atoms with Gasteiger partial charge in [0, 0.05) is 38.1 Å². The van der Waals surface area contributed by atoms with E-state index in [1.54, 1.807) is 0 Å². The monoisotopic (exact) mass is 237 g/mol. The van der Waals surface area contributed by atoms with Crippen LogP contribution in [0.5, 0.6) is 0 Å². The molecule has 1 aliphatic rings. The van der Waals surface area contributed by atoms with Crippen LogP contribution in [0.1, 0.15) is 37.8 Å². The van der Waals surface area contributed by atoms with E-state index in [0.717, 1.165) is 32.1 Å². The average Bonchev–Trinajstić information content (AvgIpc) is 3.04. The summed E-state index contributed by atoms with van der Waals surface area (Å²) in [4.78, 5) is 0. The molecule has 0 aliphatic heterocycles. The van der Waals surface area contributed by atoms with Crippen molar-refractivity contribution in [3.8, 4) is 0 Å². The molecular weight excluding hydrogens is 214 g/mol. The number of rotatable bonds is 8. The second-order valence-corrected chi connectivity index (χ2v) is 4.99. The molecule has 1 aromatic rings. The van der Waals surface area contributed by atoms with Gasteiger partial charge in [0.1, 0.15) is 0 Å². The van der Waals surface area contributed by atoms with Gasteiger partial charge in [-0.25, -0.2) is 0 Å². The summed E-state index contributed by atoms with van der Waals surface area (Å²) in [6.45, 7) is 5.02. The minimum absolute atomic E-state index is 0.368. The van der Waals surface area contributed by atoms with Crippen molar-refractivity contribution in [3.63, 3.8) is 0 Å². The number of aromatic nitrogens is 2. The molecule has 1 aliphatic carbocycles. The van der Waals surface area contributed by atoms with Crippen molar-refractivity contribution < 1.29 is 4.74 Å². The number of ether oxygens (including phenoxy) is 1. The second kappa shape index (κ2) is 6.17. The Kier molecular flexibility index (Phi) is 4.57. The molecular formula is C13H23N3O. The van der Waals surface area contributed by atoms with E-state index in [9.17, 15) is 0 Å². The van der Waals surface area contributed by atoms with Crippen LogP contribution in [0.15, 0.2) is 12.4 Å². The van der Waals surface area contributed by atoms with E-state index in [1.165, 1.54) is 18.4 Å². The first-order chi connectivity index (χ1) is 8.25. The largest absolute Gasteiger partial charge is 0.381 e. The number of hydrogen-bond donors (Lipinski definition) is 1. The molecule has 0 spiro atoms. The standard InChI is InChI=1S/C13H23N3O/c1-11(13-8-15-16(2)9-13)14-6-3-7-17-10-12-4-5-12/h8-9,11-12,14H,3-7,10H2,1-2H3. The van der Waals surface area contributed by atoms with E-state index >= 15 is 0 Å². The predicted octanol–water partition coefficient (Wildman–Crippen LogP) is 1.89. The Balaban J connectivity index is 1.51. The molecule has 96 valence electrons. The van der Waals surface area contributed by atoms with Crippen molar-refractivity contribution in [2.75, 3.05) is 19.8 Å². The number of hydrogen-bond acceptors (Lipinski definition) is 3. The molecule has 0 saturated heterocycles. The summed E-state index contributed by atoms with van der Waals surface area (Å²) >= 11 is 0. The lowest BCUT2D eigenvalue weighted by Gasteiger charge is -2.11. The van der Waals surface area contributed by atoms with Crippen LogP contribution in [0, 0.1) is 5.92 Å². The normalized spacial score (nSPS) is 17.3. The summed E-state index contributed by atoms with van der Waals surface area (Å²) in [5, 5.41) is 7.66. The van der Waals surface area contributed by atoms with Gasteiger partial charge in [-0.3, -0.25) is 4.68 Å². The Morgan fingerprint density at radius 3 is 3.06 bits per heavy atom. The Bertz CT molecular complexity index is 333. The first kappa shape index (κ1) is 12.6. The molecule has 0 amide bonds. The molecule has 1 unspecified atom stereocenters. The Labute approximate surface area is 103 Å². The number of nitrogens with zero attached hydrogens (tertiary/aromatic N) is 2. The molecule has 2 rings (SSSR count). The van der Waals surface area contributed by atoms with Gasteiger partial charge in [0.25, 0.3) is 0 Å². The van der Waals surface area contributed by atoms with Gasteiger partial charge in [-0.2, -0.15) is 5.10 Å². The van der Waals surface area contributed by atoms with Gasteiger partial charge in [-0.1, -0.05) is 0 Å². The highest BCUT2D eigenvalue weighted by Gasteiger charge is 2.20. The van der Waals surface area contributed by atoms with E-state index in [-0.39, 0.29) is 0 Å². The van der Waals surface area contributed by atoms with Gasteiger partial charge >= 0.3 is 0 Å². The summed E-state index contributed by atoms with van der Waals surface area (Å²) in [7, 11) is 1.95. The molecule has 1 N–H and O–H groups in total. The van der Waals surface area contributed by atoms with Crippen LogP contribution in [-0.2, 0) is 11.8 Å². The Hall–Kier alpha value is -0.870. The summed E-state index contributed by atoms with van der Waals surface area (Å²) in [5.74, 6) is 0.872. The van der Waals surface area contributed by atoms with Crippen LogP contribution in [0.2, 0.25) is 0 Å². The van der Waals surface area contributed by atoms with Crippen molar-refractivity contribution in [1.82, 2.24) is 15.1 Å². The predicted molar refractivity (Wildman–Crippen MR) is 67.8 cm³/mol. The van der Waals surface area contributed by atoms with Gasteiger partial charge < -0.3 is 10.1 Å². The molecule has 1 atom stereocenters. The van der Waals surface area contributed by atoms with Crippen molar-refractivity contribution in [1.29, 1.82) is 0 Å². The molecule has 1 saturated carbocycles. The Morgan fingerprint density at radius 1 is 1.59 bits per heavy atom. The fourth-order valence-corrected chi connectivity index (χ4v) is 1.81. The molecule has 0 radical (unpaired) electrons. The highest BCUT2D eigenvalue weighted by molar-refractivity contribution is 5.08. The third-order valence-corrected chi connectivity index (χ3v) is 3.19. The van der Waals surface area contributed by atoms with Crippen molar-refractivity contribution >= 4 is 0 Å². The molecule has 17 heavy (non-hydrogen) atoms. The highest BCUT2D eigenvalue weighted by atomic mass is 16.5. The first-order valence-electron chi connectivity index (χ1n) is 6.55. The lowest BCUT2D eigenvalue weighted by Crippen LogP contribution is -2.20.